The van der Waals surface area contributed by atoms with Crippen LogP contribution in [0.5, 0.6) is 5.75 Å². The summed E-state index contributed by atoms with van der Waals surface area (Å²) in [5.41, 5.74) is 0. The van der Waals surface area contributed by atoms with Crippen molar-refractivity contribution in [1.29, 1.82) is 0 Å². The maximum atomic E-state index is 12.9. The highest BCUT2D eigenvalue weighted by Crippen LogP contribution is 2.15. The predicted octanol–water partition coefficient (Wildman–Crippen LogP) is 2.26. The van der Waals surface area contributed by atoms with Crippen molar-refractivity contribution >= 4 is 17.5 Å². The van der Waals surface area contributed by atoms with E-state index in [9.17, 15) is 13.9 Å². The van der Waals surface area contributed by atoms with E-state index < -0.39 is 17.7 Å². The zero-order chi connectivity index (χ0) is 15.2. The van der Waals surface area contributed by atoms with Crippen molar-refractivity contribution in [2.45, 2.75) is 6.10 Å². The van der Waals surface area contributed by atoms with Crippen LogP contribution in [0.4, 0.5) is 14.7 Å². The van der Waals surface area contributed by atoms with Crippen LogP contribution < -0.4 is 10.1 Å². The lowest BCUT2D eigenvalue weighted by Crippen LogP contribution is -2.26. The molecule has 0 bridgehead atoms. The molecule has 2 N–H and O–H groups in total. The van der Waals surface area contributed by atoms with E-state index in [1.165, 1.54) is 18.5 Å². The lowest BCUT2D eigenvalue weighted by atomic mass is 10.3. The van der Waals surface area contributed by atoms with E-state index in [1.807, 2.05) is 0 Å². The molecule has 21 heavy (non-hydrogen) atoms. The number of aromatic nitrogens is 2. The number of hydrogen-bond acceptors (Lipinski definition) is 5. The highest BCUT2D eigenvalue weighted by Gasteiger charge is 2.08. The van der Waals surface area contributed by atoms with Gasteiger partial charge in [0.1, 0.15) is 18.5 Å². The quantitative estimate of drug-likeness (QED) is 0.856. The molecular weight excluding hydrogens is 304 g/mol. The van der Waals surface area contributed by atoms with E-state index in [0.29, 0.717) is 11.0 Å². The van der Waals surface area contributed by atoms with Gasteiger partial charge in [-0.2, -0.15) is 0 Å². The summed E-state index contributed by atoms with van der Waals surface area (Å²) < 4.78 is 30.8. The Morgan fingerprint density at radius 1 is 1.24 bits per heavy atom. The topological polar surface area (TPSA) is 67.3 Å². The first-order valence-electron chi connectivity index (χ1n) is 6.02. The largest absolute Gasteiger partial charge is 0.491 e. The number of benzene rings is 1. The molecule has 0 fully saturated rings. The summed E-state index contributed by atoms with van der Waals surface area (Å²) >= 11 is 5.64. The molecule has 5 nitrogen and oxygen atoms in total. The van der Waals surface area contributed by atoms with E-state index in [-0.39, 0.29) is 18.9 Å². The third-order valence-corrected chi connectivity index (χ3v) is 2.64. The maximum Gasteiger partial charge on any atom is 0.222 e. The Balaban J connectivity index is 1.77. The molecule has 0 aliphatic rings. The molecule has 1 heterocycles. The van der Waals surface area contributed by atoms with Crippen LogP contribution in [0.15, 0.2) is 30.6 Å². The van der Waals surface area contributed by atoms with Gasteiger partial charge in [-0.1, -0.05) is 11.6 Å². The minimum atomic E-state index is -1.00. The Hall–Kier alpha value is -1.99. The van der Waals surface area contributed by atoms with Crippen LogP contribution in [0.25, 0.3) is 0 Å². The Bertz CT molecular complexity index is 598. The Kier molecular flexibility index (Phi) is 5.24. The monoisotopic (exact) mass is 315 g/mol. The SMILES string of the molecule is O[C@@H](CNc1ncc(Cl)cn1)COc1ccc(F)c(F)c1. The summed E-state index contributed by atoms with van der Waals surface area (Å²) in [5, 5.41) is 12.9. The number of aliphatic hydroxyl groups excluding tert-OH is 1. The first-order valence-corrected chi connectivity index (χ1v) is 6.39. The average molecular weight is 316 g/mol. The van der Waals surface area contributed by atoms with E-state index in [4.69, 9.17) is 16.3 Å². The molecular formula is C13H12ClF2N3O2. The second kappa shape index (κ2) is 7.14. The number of nitrogens with one attached hydrogen (secondary N) is 1. The summed E-state index contributed by atoms with van der Waals surface area (Å²) in [6.07, 6.45) is 1.96. The van der Waals surface area contributed by atoms with Gasteiger partial charge >= 0.3 is 0 Å². The lowest BCUT2D eigenvalue weighted by molar-refractivity contribution is 0.117. The van der Waals surface area contributed by atoms with Crippen LogP contribution >= 0.6 is 11.6 Å². The Morgan fingerprint density at radius 3 is 2.62 bits per heavy atom. The van der Waals surface area contributed by atoms with Crippen LogP contribution in [0.3, 0.4) is 0 Å². The summed E-state index contributed by atoms with van der Waals surface area (Å²) in [6.45, 7) is 0.0387. The second-order valence-corrected chi connectivity index (χ2v) is 4.58. The van der Waals surface area contributed by atoms with Crippen molar-refractivity contribution in [3.63, 3.8) is 0 Å². The number of halogens is 3. The number of ether oxygens (including phenoxy) is 1. The van der Waals surface area contributed by atoms with Crippen LogP contribution in [-0.4, -0.2) is 34.3 Å². The molecule has 1 aromatic heterocycles. The van der Waals surface area contributed by atoms with Gasteiger partial charge in [-0.05, 0) is 12.1 Å². The van der Waals surface area contributed by atoms with E-state index in [1.54, 1.807) is 0 Å². The van der Waals surface area contributed by atoms with Crippen molar-refractivity contribution in [3.8, 4) is 5.75 Å². The van der Waals surface area contributed by atoms with E-state index in [2.05, 4.69) is 15.3 Å². The highest BCUT2D eigenvalue weighted by molar-refractivity contribution is 6.30. The third kappa shape index (κ3) is 4.80. The van der Waals surface area contributed by atoms with E-state index >= 15 is 0 Å². The fourth-order valence-electron chi connectivity index (χ4n) is 1.43. The summed E-state index contributed by atoms with van der Waals surface area (Å²) in [5.74, 6) is -1.51. The van der Waals surface area contributed by atoms with Gasteiger partial charge in [0.05, 0.1) is 17.4 Å². The molecule has 1 aromatic carbocycles. The molecule has 2 rings (SSSR count). The molecule has 1 atom stereocenters. The Morgan fingerprint density at radius 2 is 1.95 bits per heavy atom. The fourth-order valence-corrected chi connectivity index (χ4v) is 1.53. The molecule has 2 aromatic rings. The standard InChI is InChI=1S/C13H12ClF2N3O2/c14-8-4-17-13(18-5-8)19-6-9(20)7-21-10-1-2-11(15)12(16)3-10/h1-5,9,20H,6-7H2,(H,17,18,19)/t9-/m0/s1. The summed E-state index contributed by atoms with van der Waals surface area (Å²) in [7, 11) is 0. The first-order chi connectivity index (χ1) is 10.0. The Labute approximate surface area is 124 Å². The van der Waals surface area contributed by atoms with Crippen LogP contribution in [0.2, 0.25) is 5.02 Å². The normalized spacial score (nSPS) is 12.0. The van der Waals surface area contributed by atoms with Crippen molar-refractivity contribution in [3.05, 3.63) is 47.2 Å². The van der Waals surface area contributed by atoms with Gasteiger partial charge in [0.15, 0.2) is 11.6 Å². The molecule has 8 heteroatoms. The maximum absolute atomic E-state index is 12.9. The lowest BCUT2D eigenvalue weighted by Gasteiger charge is -2.13. The molecule has 0 saturated carbocycles. The molecule has 0 aliphatic heterocycles. The second-order valence-electron chi connectivity index (χ2n) is 4.15. The van der Waals surface area contributed by atoms with Crippen LogP contribution in [-0.2, 0) is 0 Å². The van der Waals surface area contributed by atoms with Gasteiger partial charge in [-0.3, -0.25) is 0 Å². The number of rotatable bonds is 6. The van der Waals surface area contributed by atoms with Gasteiger partial charge in [-0.25, -0.2) is 18.7 Å². The summed E-state index contributed by atoms with van der Waals surface area (Å²) in [4.78, 5) is 7.78. The summed E-state index contributed by atoms with van der Waals surface area (Å²) in [6, 6.07) is 3.15. The van der Waals surface area contributed by atoms with Gasteiger partial charge in [0, 0.05) is 12.6 Å². The molecule has 0 amide bonds. The first kappa shape index (κ1) is 15.4. The van der Waals surface area contributed by atoms with Gasteiger partial charge in [0.2, 0.25) is 5.95 Å². The molecule has 0 saturated heterocycles. The number of hydrogen-bond donors (Lipinski definition) is 2. The van der Waals surface area contributed by atoms with Gasteiger partial charge in [-0.15, -0.1) is 0 Å². The molecule has 0 aliphatic carbocycles. The number of aliphatic hydroxyl groups is 1. The number of nitrogens with zero attached hydrogens (tertiary/aromatic N) is 2. The van der Waals surface area contributed by atoms with Crippen LogP contribution in [0, 0.1) is 11.6 Å². The fraction of sp³-hybridized carbons (Fsp3) is 0.231. The van der Waals surface area contributed by atoms with Crippen molar-refractivity contribution in [1.82, 2.24) is 9.97 Å². The molecule has 112 valence electrons. The van der Waals surface area contributed by atoms with Gasteiger partial charge < -0.3 is 15.2 Å². The third-order valence-electron chi connectivity index (χ3n) is 2.45. The predicted molar refractivity (Wildman–Crippen MR) is 73.4 cm³/mol. The van der Waals surface area contributed by atoms with E-state index in [0.717, 1.165) is 12.1 Å². The number of anilines is 1. The molecule has 0 unspecified atom stereocenters. The molecule has 0 radical (unpaired) electrons. The smallest absolute Gasteiger partial charge is 0.222 e. The highest BCUT2D eigenvalue weighted by atomic mass is 35.5. The zero-order valence-corrected chi connectivity index (χ0v) is 11.5. The molecule has 0 spiro atoms. The van der Waals surface area contributed by atoms with Crippen LogP contribution in [0.1, 0.15) is 0 Å². The van der Waals surface area contributed by atoms with Crippen molar-refractivity contribution in [2.24, 2.45) is 0 Å². The zero-order valence-electron chi connectivity index (χ0n) is 10.8. The minimum Gasteiger partial charge on any atom is -0.491 e. The average Bonchev–Trinajstić information content (AvgIpc) is 2.48. The van der Waals surface area contributed by atoms with Crippen molar-refractivity contribution in [2.75, 3.05) is 18.5 Å². The van der Waals surface area contributed by atoms with Crippen molar-refractivity contribution < 1.29 is 18.6 Å². The minimum absolute atomic E-state index is 0.0916. The van der Waals surface area contributed by atoms with Gasteiger partial charge in [0.25, 0.3) is 0 Å².